The summed E-state index contributed by atoms with van der Waals surface area (Å²) >= 11 is 0. The highest BCUT2D eigenvalue weighted by Gasteiger charge is 2.16. The van der Waals surface area contributed by atoms with Crippen LogP contribution in [0, 0.1) is 0 Å². The van der Waals surface area contributed by atoms with Crippen molar-refractivity contribution < 1.29 is 14.6 Å². The second-order valence-corrected chi connectivity index (χ2v) is 5.49. The fourth-order valence-electron chi connectivity index (χ4n) is 2.68. The number of hydrogen-bond donors (Lipinski definition) is 1. The molecule has 0 radical (unpaired) electrons. The molecular formula is C20H14N2O3. The molecule has 1 N–H and O–H groups in total. The lowest BCUT2D eigenvalue weighted by atomic mass is 10.2. The molecule has 122 valence electrons. The minimum atomic E-state index is -0.985. The van der Waals surface area contributed by atoms with Gasteiger partial charge >= 0.3 is 12.0 Å². The SMILES string of the molecule is O=C(O)c1ccc2c(c1)nc(Oc1ccccc1)n2-c1ccccc1. The van der Waals surface area contributed by atoms with E-state index in [1.54, 1.807) is 18.2 Å². The third-order valence-electron chi connectivity index (χ3n) is 3.84. The summed E-state index contributed by atoms with van der Waals surface area (Å²) in [6.07, 6.45) is 0. The molecule has 0 aliphatic heterocycles. The second kappa shape index (κ2) is 6.13. The monoisotopic (exact) mass is 330 g/mol. The summed E-state index contributed by atoms with van der Waals surface area (Å²) in [6, 6.07) is 24.3. The van der Waals surface area contributed by atoms with Gasteiger partial charge in [-0.05, 0) is 42.5 Å². The van der Waals surface area contributed by atoms with Crippen LogP contribution in [0.3, 0.4) is 0 Å². The molecule has 0 atom stereocenters. The number of aromatic carboxylic acids is 1. The van der Waals surface area contributed by atoms with Gasteiger partial charge in [0.05, 0.1) is 22.3 Å². The zero-order valence-electron chi connectivity index (χ0n) is 13.2. The number of para-hydroxylation sites is 2. The number of carboxylic acids is 1. The Kier molecular flexibility index (Phi) is 3.67. The Morgan fingerprint density at radius 2 is 1.60 bits per heavy atom. The number of imidazole rings is 1. The molecule has 0 saturated carbocycles. The van der Waals surface area contributed by atoms with Gasteiger partial charge < -0.3 is 9.84 Å². The van der Waals surface area contributed by atoms with Crippen LogP contribution in [0.2, 0.25) is 0 Å². The molecule has 3 aromatic carbocycles. The molecule has 4 rings (SSSR count). The van der Waals surface area contributed by atoms with Crippen LogP contribution >= 0.6 is 0 Å². The molecule has 1 heterocycles. The fraction of sp³-hybridized carbons (Fsp3) is 0. The minimum absolute atomic E-state index is 0.191. The number of nitrogens with zero attached hydrogens (tertiary/aromatic N) is 2. The molecule has 5 nitrogen and oxygen atoms in total. The van der Waals surface area contributed by atoms with Crippen molar-refractivity contribution in [2.45, 2.75) is 0 Å². The number of benzene rings is 3. The van der Waals surface area contributed by atoms with E-state index in [-0.39, 0.29) is 5.56 Å². The standard InChI is InChI=1S/C20H14N2O3/c23-19(24)14-11-12-18-17(13-14)21-20(25-16-9-5-2-6-10-16)22(18)15-7-3-1-4-8-15/h1-13H,(H,23,24). The fourth-order valence-corrected chi connectivity index (χ4v) is 2.68. The van der Waals surface area contributed by atoms with Crippen molar-refractivity contribution >= 4 is 17.0 Å². The van der Waals surface area contributed by atoms with E-state index >= 15 is 0 Å². The average Bonchev–Trinajstić information content (AvgIpc) is 3.00. The van der Waals surface area contributed by atoms with E-state index in [1.165, 1.54) is 0 Å². The molecule has 0 unspecified atom stereocenters. The van der Waals surface area contributed by atoms with Crippen LogP contribution in [0.1, 0.15) is 10.4 Å². The second-order valence-electron chi connectivity index (χ2n) is 5.49. The summed E-state index contributed by atoms with van der Waals surface area (Å²) in [5, 5.41) is 9.21. The van der Waals surface area contributed by atoms with Crippen molar-refractivity contribution in [2.24, 2.45) is 0 Å². The summed E-state index contributed by atoms with van der Waals surface area (Å²) in [5.74, 6) is -0.324. The van der Waals surface area contributed by atoms with Crippen LogP contribution in [0.4, 0.5) is 0 Å². The maximum absolute atomic E-state index is 11.2. The van der Waals surface area contributed by atoms with Crippen LogP contribution in [-0.2, 0) is 0 Å². The van der Waals surface area contributed by atoms with Gasteiger partial charge in [0.15, 0.2) is 0 Å². The van der Waals surface area contributed by atoms with E-state index in [1.807, 2.05) is 65.2 Å². The van der Waals surface area contributed by atoms with Crippen molar-refractivity contribution in [1.82, 2.24) is 9.55 Å². The summed E-state index contributed by atoms with van der Waals surface area (Å²) in [4.78, 5) is 15.7. The van der Waals surface area contributed by atoms with Crippen molar-refractivity contribution in [2.75, 3.05) is 0 Å². The molecule has 4 aromatic rings. The smallest absolute Gasteiger partial charge is 0.335 e. The first-order valence-corrected chi connectivity index (χ1v) is 7.76. The van der Waals surface area contributed by atoms with E-state index in [0.717, 1.165) is 11.2 Å². The zero-order chi connectivity index (χ0) is 17.2. The Morgan fingerprint density at radius 1 is 0.920 bits per heavy atom. The Bertz CT molecular complexity index is 1040. The topological polar surface area (TPSA) is 64.3 Å². The van der Waals surface area contributed by atoms with Gasteiger partial charge in [-0.15, -0.1) is 0 Å². The van der Waals surface area contributed by atoms with Gasteiger partial charge in [0, 0.05) is 0 Å². The molecule has 0 bridgehead atoms. The predicted molar refractivity (Wildman–Crippen MR) is 94.5 cm³/mol. The van der Waals surface area contributed by atoms with Gasteiger partial charge in [-0.2, -0.15) is 4.98 Å². The minimum Gasteiger partial charge on any atom is -0.478 e. The molecule has 0 fully saturated rings. The number of carbonyl (C=O) groups is 1. The Balaban J connectivity index is 1.91. The molecule has 0 aliphatic rings. The lowest BCUT2D eigenvalue weighted by Crippen LogP contribution is -1.98. The van der Waals surface area contributed by atoms with E-state index in [4.69, 9.17) is 4.74 Å². The van der Waals surface area contributed by atoms with E-state index in [0.29, 0.717) is 17.3 Å². The van der Waals surface area contributed by atoms with Crippen molar-refractivity contribution in [1.29, 1.82) is 0 Å². The zero-order valence-corrected chi connectivity index (χ0v) is 13.2. The summed E-state index contributed by atoms with van der Waals surface area (Å²) in [7, 11) is 0. The van der Waals surface area contributed by atoms with Crippen LogP contribution in [0.25, 0.3) is 16.7 Å². The van der Waals surface area contributed by atoms with Crippen molar-refractivity contribution in [3.63, 3.8) is 0 Å². The normalized spacial score (nSPS) is 10.7. The van der Waals surface area contributed by atoms with Crippen LogP contribution in [0.5, 0.6) is 11.8 Å². The number of hydrogen-bond acceptors (Lipinski definition) is 3. The van der Waals surface area contributed by atoms with Crippen molar-refractivity contribution in [3.05, 3.63) is 84.4 Å². The largest absolute Gasteiger partial charge is 0.478 e. The molecule has 0 saturated heterocycles. The summed E-state index contributed by atoms with van der Waals surface area (Å²) < 4.78 is 7.82. The maximum Gasteiger partial charge on any atom is 0.335 e. The first-order chi connectivity index (χ1) is 12.2. The lowest BCUT2D eigenvalue weighted by Gasteiger charge is -2.09. The van der Waals surface area contributed by atoms with Gasteiger partial charge in [-0.25, -0.2) is 4.79 Å². The predicted octanol–water partition coefficient (Wildman–Crippen LogP) is 4.52. The van der Waals surface area contributed by atoms with Crippen LogP contribution < -0.4 is 4.74 Å². The number of fused-ring (bicyclic) bond motifs is 1. The Morgan fingerprint density at radius 3 is 2.28 bits per heavy atom. The highest BCUT2D eigenvalue weighted by atomic mass is 16.5. The molecule has 0 aliphatic carbocycles. The molecule has 5 heteroatoms. The third kappa shape index (κ3) is 2.83. The maximum atomic E-state index is 11.2. The van der Waals surface area contributed by atoms with Gasteiger partial charge in [0.25, 0.3) is 0 Å². The number of rotatable bonds is 4. The highest BCUT2D eigenvalue weighted by Crippen LogP contribution is 2.30. The number of aromatic nitrogens is 2. The molecule has 0 amide bonds. The van der Waals surface area contributed by atoms with Gasteiger partial charge in [0.2, 0.25) is 0 Å². The van der Waals surface area contributed by atoms with Crippen LogP contribution in [-0.4, -0.2) is 20.6 Å². The van der Waals surface area contributed by atoms with Gasteiger partial charge in [0.1, 0.15) is 5.75 Å². The molecule has 0 spiro atoms. The molecule has 1 aromatic heterocycles. The molecule has 25 heavy (non-hydrogen) atoms. The van der Waals surface area contributed by atoms with Gasteiger partial charge in [-0.3, -0.25) is 4.57 Å². The quantitative estimate of drug-likeness (QED) is 0.598. The van der Waals surface area contributed by atoms with Crippen LogP contribution in [0.15, 0.2) is 78.9 Å². The summed E-state index contributed by atoms with van der Waals surface area (Å²) in [6.45, 7) is 0. The first kappa shape index (κ1) is 15.0. The molecular weight excluding hydrogens is 316 g/mol. The number of ether oxygens (including phenoxy) is 1. The van der Waals surface area contributed by atoms with Crippen molar-refractivity contribution in [3.8, 4) is 17.4 Å². The number of carboxylic acid groups (broad SMARTS) is 1. The Hall–Kier alpha value is -3.60. The Labute approximate surface area is 143 Å². The first-order valence-electron chi connectivity index (χ1n) is 7.76. The highest BCUT2D eigenvalue weighted by molar-refractivity contribution is 5.93. The summed E-state index contributed by atoms with van der Waals surface area (Å²) in [5.41, 5.74) is 2.42. The van der Waals surface area contributed by atoms with Gasteiger partial charge in [-0.1, -0.05) is 36.4 Å². The van der Waals surface area contributed by atoms with E-state index in [2.05, 4.69) is 4.98 Å². The third-order valence-corrected chi connectivity index (χ3v) is 3.84. The van der Waals surface area contributed by atoms with E-state index in [9.17, 15) is 9.90 Å². The lowest BCUT2D eigenvalue weighted by molar-refractivity contribution is 0.0697. The van der Waals surface area contributed by atoms with E-state index < -0.39 is 5.97 Å². The average molecular weight is 330 g/mol.